The third-order valence-corrected chi connectivity index (χ3v) is 5.38. The molecule has 0 bridgehead atoms. The van der Waals surface area contributed by atoms with Gasteiger partial charge in [-0.15, -0.1) is 0 Å². The molecule has 4 N–H and O–H groups in total. The summed E-state index contributed by atoms with van der Waals surface area (Å²) in [7, 11) is 1.71. The van der Waals surface area contributed by atoms with Gasteiger partial charge in [0.1, 0.15) is 17.1 Å². The van der Waals surface area contributed by atoms with E-state index in [0.717, 1.165) is 42.8 Å². The van der Waals surface area contributed by atoms with Gasteiger partial charge < -0.3 is 25.3 Å². The molecule has 0 amide bonds. The van der Waals surface area contributed by atoms with Gasteiger partial charge in [-0.05, 0) is 39.7 Å². The number of nitrogens with zero attached hydrogens (tertiary/aromatic N) is 1. The molecule has 1 aromatic heterocycles. The van der Waals surface area contributed by atoms with Crippen LogP contribution >= 0.6 is 0 Å². The maximum absolute atomic E-state index is 10.8. The highest BCUT2D eigenvalue weighted by molar-refractivity contribution is 5.79. The van der Waals surface area contributed by atoms with Crippen LogP contribution in [0.2, 0.25) is 0 Å². The van der Waals surface area contributed by atoms with E-state index in [1.807, 2.05) is 19.9 Å². The zero-order chi connectivity index (χ0) is 18.7. The van der Waals surface area contributed by atoms with E-state index >= 15 is 0 Å². The van der Waals surface area contributed by atoms with Crippen molar-refractivity contribution in [2.45, 2.75) is 65.1 Å². The van der Waals surface area contributed by atoms with Crippen LogP contribution in [0.5, 0.6) is 0 Å². The van der Waals surface area contributed by atoms with Gasteiger partial charge in [0, 0.05) is 24.6 Å². The van der Waals surface area contributed by atoms with Crippen LogP contribution in [0, 0.1) is 19.3 Å². The van der Waals surface area contributed by atoms with Crippen molar-refractivity contribution in [2.75, 3.05) is 20.1 Å². The van der Waals surface area contributed by atoms with Crippen LogP contribution in [-0.4, -0.2) is 42.4 Å². The SMILES string of the molecule is CN=C(NCC(C)(O)c1cc(C)oc1C)NCC1(C)CCCCC1O. The van der Waals surface area contributed by atoms with Crippen LogP contribution in [0.25, 0.3) is 0 Å². The van der Waals surface area contributed by atoms with E-state index in [4.69, 9.17) is 4.42 Å². The second-order valence-corrected chi connectivity index (χ2v) is 7.80. The maximum atomic E-state index is 10.8. The first-order valence-corrected chi connectivity index (χ1v) is 9.10. The van der Waals surface area contributed by atoms with Gasteiger partial charge in [-0.1, -0.05) is 19.8 Å². The molecular weight excluding hydrogens is 318 g/mol. The van der Waals surface area contributed by atoms with Crippen molar-refractivity contribution in [2.24, 2.45) is 10.4 Å². The molecule has 3 unspecified atom stereocenters. The van der Waals surface area contributed by atoms with E-state index in [2.05, 4.69) is 22.5 Å². The number of hydrogen-bond acceptors (Lipinski definition) is 4. The standard InChI is InChI=1S/C19H33N3O3/c1-13-10-15(14(2)25-13)19(4,24)12-22-17(20-5)21-11-18(3)9-7-6-8-16(18)23/h10,16,23-24H,6-9,11-12H2,1-5H3,(H2,20,21,22). The molecule has 1 aliphatic carbocycles. The Hall–Kier alpha value is -1.53. The number of furan rings is 1. The van der Waals surface area contributed by atoms with Gasteiger partial charge >= 0.3 is 0 Å². The van der Waals surface area contributed by atoms with Crippen LogP contribution in [0.3, 0.4) is 0 Å². The topological polar surface area (TPSA) is 90.0 Å². The molecule has 142 valence electrons. The number of aliphatic hydroxyl groups excluding tert-OH is 1. The maximum Gasteiger partial charge on any atom is 0.191 e. The summed E-state index contributed by atoms with van der Waals surface area (Å²) in [6.07, 6.45) is 3.82. The Kier molecular flexibility index (Phi) is 6.16. The number of rotatable bonds is 5. The summed E-state index contributed by atoms with van der Waals surface area (Å²) in [4.78, 5) is 4.23. The molecule has 6 heteroatoms. The minimum atomic E-state index is -1.06. The van der Waals surface area contributed by atoms with Gasteiger partial charge in [-0.25, -0.2) is 0 Å². The molecule has 0 aliphatic heterocycles. The van der Waals surface area contributed by atoms with E-state index < -0.39 is 5.60 Å². The molecule has 0 saturated heterocycles. The van der Waals surface area contributed by atoms with Crippen LogP contribution in [0.4, 0.5) is 0 Å². The smallest absolute Gasteiger partial charge is 0.191 e. The Morgan fingerprint density at radius 3 is 2.68 bits per heavy atom. The van der Waals surface area contributed by atoms with Crippen molar-refractivity contribution in [1.82, 2.24) is 10.6 Å². The van der Waals surface area contributed by atoms with E-state index in [1.54, 1.807) is 14.0 Å². The predicted molar refractivity (Wildman–Crippen MR) is 99.7 cm³/mol. The van der Waals surface area contributed by atoms with Crippen molar-refractivity contribution in [1.29, 1.82) is 0 Å². The highest BCUT2D eigenvalue weighted by atomic mass is 16.3. The van der Waals surface area contributed by atoms with Crippen LogP contribution in [-0.2, 0) is 5.60 Å². The molecule has 3 atom stereocenters. The van der Waals surface area contributed by atoms with Gasteiger partial charge in [0.2, 0.25) is 0 Å². The lowest BCUT2D eigenvalue weighted by Crippen LogP contribution is -2.50. The third kappa shape index (κ3) is 4.76. The first-order chi connectivity index (χ1) is 11.7. The van der Waals surface area contributed by atoms with Gasteiger partial charge in [-0.3, -0.25) is 4.99 Å². The number of nitrogens with one attached hydrogen (secondary N) is 2. The summed E-state index contributed by atoms with van der Waals surface area (Å²) >= 11 is 0. The molecule has 0 aromatic carbocycles. The lowest BCUT2D eigenvalue weighted by Gasteiger charge is -2.39. The van der Waals surface area contributed by atoms with Crippen LogP contribution < -0.4 is 10.6 Å². The van der Waals surface area contributed by atoms with Gasteiger partial charge in [0.25, 0.3) is 0 Å². The molecular formula is C19H33N3O3. The fourth-order valence-electron chi connectivity index (χ4n) is 3.61. The second kappa shape index (κ2) is 7.79. The molecule has 1 saturated carbocycles. The Bertz CT molecular complexity index is 609. The van der Waals surface area contributed by atoms with Gasteiger partial charge in [0.15, 0.2) is 5.96 Å². The summed E-state index contributed by atoms with van der Waals surface area (Å²) in [5, 5.41) is 27.6. The number of aryl methyl sites for hydroxylation is 2. The predicted octanol–water partition coefficient (Wildman–Crippen LogP) is 2.21. The molecule has 0 radical (unpaired) electrons. The Morgan fingerprint density at radius 2 is 2.12 bits per heavy atom. The quantitative estimate of drug-likeness (QED) is 0.482. The average Bonchev–Trinajstić information content (AvgIpc) is 2.90. The van der Waals surface area contributed by atoms with Crippen molar-refractivity contribution in [3.05, 3.63) is 23.2 Å². The van der Waals surface area contributed by atoms with Crippen molar-refractivity contribution < 1.29 is 14.6 Å². The zero-order valence-corrected chi connectivity index (χ0v) is 16.1. The minimum absolute atomic E-state index is 0.142. The molecule has 1 aliphatic rings. The second-order valence-electron chi connectivity index (χ2n) is 7.80. The van der Waals surface area contributed by atoms with E-state index in [0.29, 0.717) is 19.0 Å². The first kappa shape index (κ1) is 19.8. The monoisotopic (exact) mass is 351 g/mol. The lowest BCUT2D eigenvalue weighted by molar-refractivity contribution is 0.00384. The Morgan fingerprint density at radius 1 is 1.40 bits per heavy atom. The van der Waals surface area contributed by atoms with Gasteiger partial charge in [-0.2, -0.15) is 0 Å². The van der Waals surface area contributed by atoms with E-state index in [1.165, 1.54) is 0 Å². The largest absolute Gasteiger partial charge is 0.466 e. The number of guanidine groups is 1. The molecule has 25 heavy (non-hydrogen) atoms. The number of hydrogen-bond donors (Lipinski definition) is 4. The summed E-state index contributed by atoms with van der Waals surface area (Å²) in [6, 6.07) is 1.87. The van der Waals surface area contributed by atoms with Gasteiger partial charge in [0.05, 0.1) is 12.6 Å². The van der Waals surface area contributed by atoms with Crippen LogP contribution in [0.1, 0.15) is 56.6 Å². The highest BCUT2D eigenvalue weighted by Gasteiger charge is 2.35. The van der Waals surface area contributed by atoms with Crippen molar-refractivity contribution in [3.63, 3.8) is 0 Å². The van der Waals surface area contributed by atoms with E-state index in [-0.39, 0.29) is 11.5 Å². The molecule has 1 aromatic rings. The summed E-state index contributed by atoms with van der Waals surface area (Å²) in [5.41, 5.74) is -0.424. The normalized spacial score (nSPS) is 27.0. The minimum Gasteiger partial charge on any atom is -0.466 e. The van der Waals surface area contributed by atoms with Crippen LogP contribution in [0.15, 0.2) is 15.5 Å². The first-order valence-electron chi connectivity index (χ1n) is 9.10. The van der Waals surface area contributed by atoms with Crippen molar-refractivity contribution >= 4 is 5.96 Å². The fraction of sp³-hybridized carbons (Fsp3) is 0.737. The summed E-state index contributed by atoms with van der Waals surface area (Å²) < 4.78 is 5.52. The highest BCUT2D eigenvalue weighted by Crippen LogP contribution is 2.35. The molecule has 2 rings (SSSR count). The molecule has 0 spiro atoms. The Balaban J connectivity index is 1.93. The molecule has 1 heterocycles. The zero-order valence-electron chi connectivity index (χ0n) is 16.1. The average molecular weight is 351 g/mol. The molecule has 6 nitrogen and oxygen atoms in total. The Labute approximate surface area is 150 Å². The summed E-state index contributed by atoms with van der Waals surface area (Å²) in [5.74, 6) is 2.14. The molecule has 1 fully saturated rings. The van der Waals surface area contributed by atoms with E-state index in [9.17, 15) is 10.2 Å². The fourth-order valence-corrected chi connectivity index (χ4v) is 3.61. The third-order valence-electron chi connectivity index (χ3n) is 5.38. The number of aliphatic hydroxyl groups is 2. The lowest BCUT2D eigenvalue weighted by atomic mass is 9.73. The number of aliphatic imine (C=N–C) groups is 1. The van der Waals surface area contributed by atoms with Crippen molar-refractivity contribution in [3.8, 4) is 0 Å². The summed E-state index contributed by atoms with van der Waals surface area (Å²) in [6.45, 7) is 8.57.